The van der Waals surface area contributed by atoms with Gasteiger partial charge in [0.25, 0.3) is 0 Å². The van der Waals surface area contributed by atoms with Gasteiger partial charge in [-0.3, -0.25) is 0 Å². The van der Waals surface area contributed by atoms with Crippen molar-refractivity contribution >= 4 is 17.6 Å². The van der Waals surface area contributed by atoms with Crippen molar-refractivity contribution in [3.05, 3.63) is 41.5 Å². The second kappa shape index (κ2) is 11.2. The van der Waals surface area contributed by atoms with Crippen molar-refractivity contribution in [2.24, 2.45) is 0 Å². The van der Waals surface area contributed by atoms with Gasteiger partial charge in [-0.1, -0.05) is 37.6 Å². The van der Waals surface area contributed by atoms with Gasteiger partial charge in [-0.2, -0.15) is 0 Å². The molecule has 0 aliphatic heterocycles. The highest BCUT2D eigenvalue weighted by Crippen LogP contribution is 2.25. The van der Waals surface area contributed by atoms with Gasteiger partial charge in [0.05, 0.1) is 12.7 Å². The Hall–Kier alpha value is -2.34. The number of carbonyl (C=O) groups excluding carboxylic acids is 2. The number of nitrogens with one attached hydrogen (secondary N) is 1. The number of allylic oxidation sites excluding steroid dienone is 1. The van der Waals surface area contributed by atoms with Gasteiger partial charge in [0.1, 0.15) is 11.6 Å². The van der Waals surface area contributed by atoms with E-state index in [9.17, 15) is 14.7 Å². The van der Waals surface area contributed by atoms with Crippen LogP contribution in [0.5, 0.6) is 0 Å². The van der Waals surface area contributed by atoms with E-state index in [-0.39, 0.29) is 6.42 Å². The van der Waals surface area contributed by atoms with E-state index in [1.54, 1.807) is 34.6 Å². The number of carbonyl (C=O) groups is 2. The molecule has 0 aliphatic rings. The topological polar surface area (TPSA) is 84.9 Å². The highest BCUT2D eigenvalue weighted by molar-refractivity contribution is 5.81. The molecule has 6 heteroatoms. The first-order chi connectivity index (χ1) is 13.8. The minimum absolute atomic E-state index is 0.283. The van der Waals surface area contributed by atoms with Gasteiger partial charge >= 0.3 is 12.1 Å². The number of ether oxygens (including phenoxy) is 2. The zero-order valence-electron chi connectivity index (χ0n) is 19.4. The number of aliphatic hydroxyl groups is 1. The first-order valence-electron chi connectivity index (χ1n) is 10.5. The van der Waals surface area contributed by atoms with E-state index < -0.39 is 29.3 Å². The van der Waals surface area contributed by atoms with E-state index in [0.29, 0.717) is 0 Å². The van der Waals surface area contributed by atoms with Crippen LogP contribution in [-0.2, 0) is 20.7 Å². The summed E-state index contributed by atoms with van der Waals surface area (Å²) < 4.78 is 10.1. The molecule has 0 saturated carbocycles. The second-order valence-electron chi connectivity index (χ2n) is 9.05. The van der Waals surface area contributed by atoms with Crippen LogP contribution >= 0.6 is 0 Å². The van der Waals surface area contributed by atoms with Crippen molar-refractivity contribution in [3.63, 3.8) is 0 Å². The molecule has 1 aromatic rings. The van der Waals surface area contributed by atoms with Gasteiger partial charge in [0, 0.05) is 6.42 Å². The average molecular weight is 420 g/mol. The zero-order valence-corrected chi connectivity index (χ0v) is 19.4. The molecule has 168 valence electrons. The minimum Gasteiger partial charge on any atom is -0.467 e. The van der Waals surface area contributed by atoms with Crippen LogP contribution in [0.15, 0.2) is 30.3 Å². The molecule has 0 radical (unpaired) electrons. The Morgan fingerprint density at radius 3 is 2.20 bits per heavy atom. The van der Waals surface area contributed by atoms with Crippen LogP contribution in [0.2, 0.25) is 0 Å². The molecule has 2 N–H and O–H groups in total. The molecule has 0 aromatic heterocycles. The van der Waals surface area contributed by atoms with Crippen LogP contribution in [0.25, 0.3) is 5.57 Å². The van der Waals surface area contributed by atoms with Crippen molar-refractivity contribution in [2.75, 3.05) is 7.11 Å². The molecule has 1 rings (SSSR count). The van der Waals surface area contributed by atoms with Gasteiger partial charge in [0.2, 0.25) is 0 Å². The highest BCUT2D eigenvalue weighted by Gasteiger charge is 2.25. The van der Waals surface area contributed by atoms with E-state index >= 15 is 0 Å². The summed E-state index contributed by atoms with van der Waals surface area (Å²) in [6.07, 6.45) is 4.49. The van der Waals surface area contributed by atoms with E-state index in [1.807, 2.05) is 30.3 Å². The molecule has 1 aromatic carbocycles. The number of unbranched alkanes of at least 4 members (excludes halogenated alkanes) is 1. The molecule has 0 saturated heterocycles. The fraction of sp³-hybridized carbons (Fsp3) is 0.583. The molecule has 0 heterocycles. The lowest BCUT2D eigenvalue weighted by Crippen LogP contribution is -2.45. The number of methoxy groups -OCH3 is 1. The summed E-state index contributed by atoms with van der Waals surface area (Å²) in [5.41, 5.74) is 1.45. The van der Waals surface area contributed by atoms with E-state index in [0.717, 1.165) is 36.0 Å². The third-order valence-electron chi connectivity index (χ3n) is 4.27. The molecular formula is C24H37NO5. The van der Waals surface area contributed by atoms with E-state index in [1.165, 1.54) is 7.11 Å². The molecular weight excluding hydrogens is 382 g/mol. The lowest BCUT2D eigenvalue weighted by Gasteiger charge is -2.22. The number of benzene rings is 1. The Morgan fingerprint density at radius 1 is 1.13 bits per heavy atom. The maximum atomic E-state index is 12.1. The maximum Gasteiger partial charge on any atom is 0.408 e. The van der Waals surface area contributed by atoms with Crippen LogP contribution < -0.4 is 5.32 Å². The Bertz CT molecular complexity index is 723. The Kier molecular flexibility index (Phi) is 9.56. The van der Waals surface area contributed by atoms with Crippen LogP contribution in [0.3, 0.4) is 0 Å². The standard InChI is InChI=1S/C24H37NO5/c1-8-9-10-19(16-24(5,6)28)18-13-11-17(12-14-18)15-20(21(26)29-7)25-22(27)30-23(2,3)4/h11-14,16,20,28H,8-10,15H2,1-7H3,(H,25,27)/b19-16+/t20-/m1/s1. The van der Waals surface area contributed by atoms with Crippen LogP contribution in [0.4, 0.5) is 4.79 Å². The number of rotatable bonds is 9. The molecule has 0 aliphatic carbocycles. The van der Waals surface area contributed by atoms with Crippen molar-refractivity contribution in [1.29, 1.82) is 0 Å². The van der Waals surface area contributed by atoms with Crippen molar-refractivity contribution in [3.8, 4) is 0 Å². The minimum atomic E-state index is -0.894. The summed E-state index contributed by atoms with van der Waals surface area (Å²) in [6.45, 7) is 10.9. The molecule has 0 spiro atoms. The first kappa shape index (κ1) is 25.7. The van der Waals surface area contributed by atoms with E-state index in [4.69, 9.17) is 9.47 Å². The first-order valence-corrected chi connectivity index (χ1v) is 10.5. The fourth-order valence-corrected chi connectivity index (χ4v) is 2.97. The normalized spacial score (nSPS) is 13.5. The molecule has 0 fully saturated rings. The van der Waals surface area contributed by atoms with Gasteiger partial charge in [0.15, 0.2) is 0 Å². The quantitative estimate of drug-likeness (QED) is 0.570. The number of hydrogen-bond acceptors (Lipinski definition) is 5. The van der Waals surface area contributed by atoms with Gasteiger partial charge < -0.3 is 19.9 Å². The predicted molar refractivity (Wildman–Crippen MR) is 119 cm³/mol. The molecule has 30 heavy (non-hydrogen) atoms. The summed E-state index contributed by atoms with van der Waals surface area (Å²) in [6, 6.07) is 6.95. The molecule has 1 amide bonds. The Morgan fingerprint density at radius 2 is 1.73 bits per heavy atom. The zero-order chi connectivity index (χ0) is 22.9. The summed E-state index contributed by atoms with van der Waals surface area (Å²) in [4.78, 5) is 24.2. The third-order valence-corrected chi connectivity index (χ3v) is 4.27. The molecule has 1 atom stereocenters. The Labute approximate surface area is 180 Å². The predicted octanol–water partition coefficient (Wildman–Crippen LogP) is 4.64. The van der Waals surface area contributed by atoms with Gasteiger partial charge in [-0.05, 0) is 70.2 Å². The molecule has 0 unspecified atom stereocenters. The van der Waals surface area contributed by atoms with Crippen molar-refractivity contribution in [1.82, 2.24) is 5.32 Å². The third kappa shape index (κ3) is 9.92. The SMILES string of the molecule is CCCC/C(=C\C(C)(C)O)c1ccc(C[C@@H](NC(=O)OC(C)(C)C)C(=O)OC)cc1. The van der Waals surface area contributed by atoms with E-state index in [2.05, 4.69) is 12.2 Å². The summed E-state index contributed by atoms with van der Waals surface area (Å²) >= 11 is 0. The average Bonchev–Trinajstić information content (AvgIpc) is 2.62. The van der Waals surface area contributed by atoms with Gasteiger partial charge in [-0.15, -0.1) is 0 Å². The largest absolute Gasteiger partial charge is 0.467 e. The van der Waals surface area contributed by atoms with Crippen LogP contribution in [0, 0.1) is 0 Å². The number of amides is 1. The highest BCUT2D eigenvalue weighted by atomic mass is 16.6. The van der Waals surface area contributed by atoms with Crippen molar-refractivity contribution in [2.45, 2.75) is 84.5 Å². The number of alkyl carbamates (subject to hydrolysis) is 1. The summed E-state index contributed by atoms with van der Waals surface area (Å²) in [5, 5.41) is 12.8. The monoisotopic (exact) mass is 419 g/mol. The lowest BCUT2D eigenvalue weighted by molar-refractivity contribution is -0.143. The van der Waals surface area contributed by atoms with Crippen LogP contribution in [0.1, 0.15) is 71.9 Å². The lowest BCUT2D eigenvalue weighted by atomic mass is 9.93. The van der Waals surface area contributed by atoms with Crippen molar-refractivity contribution < 1.29 is 24.2 Å². The number of esters is 1. The summed E-state index contributed by atoms with van der Waals surface area (Å²) in [7, 11) is 1.29. The maximum absolute atomic E-state index is 12.1. The molecule has 0 bridgehead atoms. The smallest absolute Gasteiger partial charge is 0.408 e. The Balaban J connectivity index is 2.98. The summed E-state index contributed by atoms with van der Waals surface area (Å²) in [5.74, 6) is -0.532. The molecule has 6 nitrogen and oxygen atoms in total. The van der Waals surface area contributed by atoms with Crippen LogP contribution in [-0.4, -0.2) is 41.5 Å². The number of hydrogen-bond donors (Lipinski definition) is 2. The second-order valence-corrected chi connectivity index (χ2v) is 9.05. The fourth-order valence-electron chi connectivity index (χ4n) is 2.97. The van der Waals surface area contributed by atoms with Gasteiger partial charge in [-0.25, -0.2) is 9.59 Å².